The Morgan fingerprint density at radius 3 is 2.73 bits per heavy atom. The summed E-state index contributed by atoms with van der Waals surface area (Å²) in [4.78, 5) is 18.1. The van der Waals surface area contributed by atoms with Crippen LogP contribution in [0.25, 0.3) is 10.6 Å². The number of carbonyl (C=O) groups is 1. The van der Waals surface area contributed by atoms with Gasteiger partial charge in [0, 0.05) is 17.0 Å². The number of aryl methyl sites for hydroxylation is 1. The van der Waals surface area contributed by atoms with Gasteiger partial charge in [0.25, 0.3) is 0 Å². The lowest BCUT2D eigenvalue weighted by Gasteiger charge is -2.22. The van der Waals surface area contributed by atoms with E-state index in [4.69, 9.17) is 11.6 Å². The predicted octanol–water partition coefficient (Wildman–Crippen LogP) is 4.73. The van der Waals surface area contributed by atoms with Gasteiger partial charge in [0.2, 0.25) is 5.91 Å². The van der Waals surface area contributed by atoms with Gasteiger partial charge in [-0.25, -0.2) is 4.98 Å². The van der Waals surface area contributed by atoms with Crippen molar-refractivity contribution in [2.75, 3.05) is 13.1 Å². The summed E-state index contributed by atoms with van der Waals surface area (Å²) in [5, 5.41) is 8.19. The SMILES string of the molecule is Cc1nc(-c2ccc(Cl)cc2)sc1C(C)NC(=O)CCC1CCNCC1. The Bertz CT molecular complexity index is 738. The summed E-state index contributed by atoms with van der Waals surface area (Å²) in [6, 6.07) is 7.69. The van der Waals surface area contributed by atoms with Crippen LogP contribution >= 0.6 is 22.9 Å². The molecule has 1 fully saturated rings. The molecule has 1 saturated heterocycles. The van der Waals surface area contributed by atoms with Crippen molar-refractivity contribution in [1.29, 1.82) is 0 Å². The molecule has 0 saturated carbocycles. The molecule has 1 amide bonds. The second-order valence-electron chi connectivity index (χ2n) is 7.00. The smallest absolute Gasteiger partial charge is 0.220 e. The molecule has 0 bridgehead atoms. The average Bonchev–Trinajstić information content (AvgIpc) is 3.03. The Morgan fingerprint density at radius 1 is 1.35 bits per heavy atom. The van der Waals surface area contributed by atoms with Crippen LogP contribution in [-0.4, -0.2) is 24.0 Å². The van der Waals surface area contributed by atoms with Crippen molar-refractivity contribution in [1.82, 2.24) is 15.6 Å². The molecule has 1 aliphatic heterocycles. The fourth-order valence-electron chi connectivity index (χ4n) is 3.41. The minimum absolute atomic E-state index is 0.0194. The number of benzene rings is 1. The molecule has 2 N–H and O–H groups in total. The lowest BCUT2D eigenvalue weighted by atomic mass is 9.93. The highest BCUT2D eigenvalue weighted by Gasteiger charge is 2.19. The van der Waals surface area contributed by atoms with Crippen LogP contribution in [0.3, 0.4) is 0 Å². The van der Waals surface area contributed by atoms with Crippen LogP contribution in [0, 0.1) is 12.8 Å². The third-order valence-corrected chi connectivity index (χ3v) is 6.57. The number of carbonyl (C=O) groups excluding carboxylic acids is 1. The maximum absolute atomic E-state index is 12.3. The second-order valence-corrected chi connectivity index (χ2v) is 8.46. The molecule has 4 nitrogen and oxygen atoms in total. The van der Waals surface area contributed by atoms with E-state index in [9.17, 15) is 4.79 Å². The van der Waals surface area contributed by atoms with Crippen LogP contribution < -0.4 is 10.6 Å². The lowest BCUT2D eigenvalue weighted by molar-refractivity contribution is -0.122. The second kappa shape index (κ2) is 8.98. The Kier molecular flexibility index (Phi) is 6.68. The maximum atomic E-state index is 12.3. The van der Waals surface area contributed by atoms with Crippen LogP contribution in [0.4, 0.5) is 0 Å². The van der Waals surface area contributed by atoms with Gasteiger partial charge in [0.15, 0.2) is 0 Å². The van der Waals surface area contributed by atoms with Crippen molar-refractivity contribution in [2.45, 2.75) is 45.6 Å². The average molecular weight is 392 g/mol. The number of hydrogen-bond donors (Lipinski definition) is 2. The number of piperidine rings is 1. The first-order valence-electron chi connectivity index (χ1n) is 9.26. The van der Waals surface area contributed by atoms with Crippen molar-refractivity contribution in [3.05, 3.63) is 39.9 Å². The Labute approximate surface area is 164 Å². The number of nitrogens with zero attached hydrogens (tertiary/aromatic N) is 1. The van der Waals surface area contributed by atoms with Gasteiger partial charge in [-0.3, -0.25) is 4.79 Å². The van der Waals surface area contributed by atoms with E-state index in [0.717, 1.165) is 45.7 Å². The van der Waals surface area contributed by atoms with Crippen LogP contribution in [0.15, 0.2) is 24.3 Å². The third-order valence-electron chi connectivity index (χ3n) is 4.93. The molecule has 1 aliphatic rings. The van der Waals surface area contributed by atoms with Crippen LogP contribution in [0.2, 0.25) is 5.02 Å². The molecule has 0 spiro atoms. The zero-order valence-electron chi connectivity index (χ0n) is 15.3. The fourth-order valence-corrected chi connectivity index (χ4v) is 4.61. The van der Waals surface area contributed by atoms with Crippen molar-refractivity contribution in [2.24, 2.45) is 5.92 Å². The first-order valence-corrected chi connectivity index (χ1v) is 10.5. The summed E-state index contributed by atoms with van der Waals surface area (Å²) in [5.41, 5.74) is 2.03. The van der Waals surface area contributed by atoms with Gasteiger partial charge in [-0.2, -0.15) is 0 Å². The zero-order chi connectivity index (χ0) is 18.5. The van der Waals surface area contributed by atoms with Crippen molar-refractivity contribution < 1.29 is 4.79 Å². The topological polar surface area (TPSA) is 54.0 Å². The van der Waals surface area contributed by atoms with E-state index in [1.807, 2.05) is 38.1 Å². The Morgan fingerprint density at radius 2 is 2.04 bits per heavy atom. The minimum Gasteiger partial charge on any atom is -0.349 e. The highest BCUT2D eigenvalue weighted by Crippen LogP contribution is 2.32. The summed E-state index contributed by atoms with van der Waals surface area (Å²) in [6.07, 6.45) is 3.96. The molecule has 6 heteroatoms. The minimum atomic E-state index is -0.0194. The van der Waals surface area contributed by atoms with E-state index < -0.39 is 0 Å². The van der Waals surface area contributed by atoms with Crippen LogP contribution in [-0.2, 0) is 4.79 Å². The number of halogens is 1. The third kappa shape index (κ3) is 5.06. The van der Waals surface area contributed by atoms with Gasteiger partial charge in [0.05, 0.1) is 16.6 Å². The first kappa shape index (κ1) is 19.3. The van der Waals surface area contributed by atoms with Crippen LogP contribution in [0.5, 0.6) is 0 Å². The molecule has 26 heavy (non-hydrogen) atoms. The van der Waals surface area contributed by atoms with Gasteiger partial charge in [-0.05, 0) is 64.3 Å². The van der Waals surface area contributed by atoms with E-state index >= 15 is 0 Å². The van der Waals surface area contributed by atoms with E-state index in [1.54, 1.807) is 11.3 Å². The summed E-state index contributed by atoms with van der Waals surface area (Å²) < 4.78 is 0. The number of aromatic nitrogens is 1. The summed E-state index contributed by atoms with van der Waals surface area (Å²) in [5.74, 6) is 0.816. The molecule has 2 heterocycles. The lowest BCUT2D eigenvalue weighted by Crippen LogP contribution is -2.30. The van der Waals surface area contributed by atoms with E-state index in [0.29, 0.717) is 12.3 Å². The molecule has 1 unspecified atom stereocenters. The number of rotatable bonds is 6. The highest BCUT2D eigenvalue weighted by molar-refractivity contribution is 7.15. The maximum Gasteiger partial charge on any atom is 0.220 e. The van der Waals surface area contributed by atoms with E-state index in [2.05, 4.69) is 15.6 Å². The van der Waals surface area contributed by atoms with Gasteiger partial charge >= 0.3 is 0 Å². The molecule has 1 aromatic carbocycles. The number of thiazole rings is 1. The first-order chi connectivity index (χ1) is 12.5. The van der Waals surface area contributed by atoms with E-state index in [-0.39, 0.29) is 11.9 Å². The molecular formula is C20H26ClN3OS. The molecule has 3 rings (SSSR count). The fraction of sp³-hybridized carbons (Fsp3) is 0.500. The molecule has 0 aliphatic carbocycles. The van der Waals surface area contributed by atoms with Gasteiger partial charge < -0.3 is 10.6 Å². The van der Waals surface area contributed by atoms with Gasteiger partial charge in [-0.15, -0.1) is 11.3 Å². The molecule has 1 aromatic heterocycles. The van der Waals surface area contributed by atoms with Crippen LogP contribution in [0.1, 0.15) is 49.2 Å². The van der Waals surface area contributed by atoms with Crippen molar-refractivity contribution >= 4 is 28.8 Å². The number of hydrogen-bond acceptors (Lipinski definition) is 4. The monoisotopic (exact) mass is 391 g/mol. The highest BCUT2D eigenvalue weighted by atomic mass is 35.5. The Balaban J connectivity index is 1.57. The van der Waals surface area contributed by atoms with Crippen molar-refractivity contribution in [3.8, 4) is 10.6 Å². The molecule has 140 valence electrons. The Hall–Kier alpha value is -1.43. The zero-order valence-corrected chi connectivity index (χ0v) is 16.9. The quantitative estimate of drug-likeness (QED) is 0.748. The normalized spacial score (nSPS) is 16.4. The summed E-state index contributed by atoms with van der Waals surface area (Å²) in [7, 11) is 0. The van der Waals surface area contributed by atoms with Gasteiger partial charge in [-0.1, -0.05) is 23.7 Å². The largest absolute Gasteiger partial charge is 0.349 e. The number of nitrogens with one attached hydrogen (secondary N) is 2. The summed E-state index contributed by atoms with van der Waals surface area (Å²) in [6.45, 7) is 6.20. The molecule has 2 aromatic rings. The van der Waals surface area contributed by atoms with E-state index in [1.165, 1.54) is 12.8 Å². The summed E-state index contributed by atoms with van der Waals surface area (Å²) >= 11 is 7.60. The van der Waals surface area contributed by atoms with Gasteiger partial charge in [0.1, 0.15) is 5.01 Å². The van der Waals surface area contributed by atoms with Crippen molar-refractivity contribution in [3.63, 3.8) is 0 Å². The molecular weight excluding hydrogens is 366 g/mol. The molecule has 1 atom stereocenters. The standard InChI is InChI=1S/C20H26ClN3OS/c1-13(23-18(25)8-3-15-9-11-22-12-10-15)19-14(2)24-20(26-19)16-4-6-17(21)7-5-16/h4-7,13,15,22H,3,8-12H2,1-2H3,(H,23,25). The predicted molar refractivity (Wildman–Crippen MR) is 109 cm³/mol. The number of amides is 1. The molecule has 0 radical (unpaired) electrons.